The van der Waals surface area contributed by atoms with Gasteiger partial charge in [-0.15, -0.1) is 12.4 Å². The molecule has 2 heterocycles. The van der Waals surface area contributed by atoms with Crippen LogP contribution in [0.4, 0.5) is 0 Å². The van der Waals surface area contributed by atoms with Gasteiger partial charge in [-0.3, -0.25) is 0 Å². The highest BCUT2D eigenvalue weighted by atomic mass is 35.5. The third-order valence-electron chi connectivity index (χ3n) is 2.12. The Labute approximate surface area is 66.3 Å². The molecule has 3 nitrogen and oxygen atoms in total. The third kappa shape index (κ3) is 1.14. The highest BCUT2D eigenvalue weighted by Gasteiger charge is 2.39. The van der Waals surface area contributed by atoms with Crippen LogP contribution in [-0.4, -0.2) is 32.0 Å². The zero-order valence-corrected chi connectivity index (χ0v) is 6.47. The quantitative estimate of drug-likeness (QED) is 0.540. The number of halogens is 1. The Balaban J connectivity index is 0.000000500. The molecule has 3 atom stereocenters. The lowest BCUT2D eigenvalue weighted by Gasteiger charge is -2.06. The Morgan fingerprint density at radius 2 is 2.00 bits per heavy atom. The first kappa shape index (κ1) is 8.27. The number of rotatable bonds is 0. The van der Waals surface area contributed by atoms with Gasteiger partial charge in [0.15, 0.2) is 0 Å². The Morgan fingerprint density at radius 3 is 2.70 bits per heavy atom. The molecule has 4 heteroatoms. The monoisotopic (exact) mass is 165 g/mol. The van der Waals surface area contributed by atoms with Crippen molar-refractivity contribution in [2.75, 3.05) is 19.8 Å². The van der Waals surface area contributed by atoms with Gasteiger partial charge in [0.1, 0.15) is 0 Å². The summed E-state index contributed by atoms with van der Waals surface area (Å²) in [4.78, 5) is 0. The van der Waals surface area contributed by atoms with E-state index in [1.54, 1.807) is 0 Å². The molecule has 2 N–H and O–H groups in total. The van der Waals surface area contributed by atoms with E-state index in [2.05, 4.69) is 0 Å². The van der Waals surface area contributed by atoms with Crippen molar-refractivity contribution in [3.63, 3.8) is 0 Å². The maximum Gasteiger partial charge on any atom is 0.0875 e. The van der Waals surface area contributed by atoms with Crippen LogP contribution in [0.3, 0.4) is 0 Å². The average molecular weight is 166 g/mol. The maximum absolute atomic E-state index is 5.71. The summed E-state index contributed by atoms with van der Waals surface area (Å²) in [6.07, 6.45) is 0.306. The molecule has 2 saturated heterocycles. The molecule has 0 bridgehead atoms. The van der Waals surface area contributed by atoms with Gasteiger partial charge in [0.05, 0.1) is 25.9 Å². The molecule has 60 valence electrons. The standard InChI is InChI=1S/C6H11NO2.ClH/c7-5-2-9-6-3-8-1-4(5)6;/h4-6H,1-3,7H2;1H/t4-,5+,6-;/m0./s1. The normalized spacial score (nSPS) is 44.7. The Morgan fingerprint density at radius 1 is 1.20 bits per heavy atom. The average Bonchev–Trinajstić information content (AvgIpc) is 2.35. The third-order valence-corrected chi connectivity index (χ3v) is 2.12. The second kappa shape index (κ2) is 3.05. The minimum atomic E-state index is 0. The van der Waals surface area contributed by atoms with E-state index in [9.17, 15) is 0 Å². The van der Waals surface area contributed by atoms with Gasteiger partial charge in [-0.25, -0.2) is 0 Å². The summed E-state index contributed by atoms with van der Waals surface area (Å²) in [5.41, 5.74) is 5.71. The highest BCUT2D eigenvalue weighted by Crippen LogP contribution is 2.25. The van der Waals surface area contributed by atoms with Crippen molar-refractivity contribution in [3.8, 4) is 0 Å². The smallest absolute Gasteiger partial charge is 0.0875 e. The SMILES string of the molecule is Cl.N[C@@H]1CO[C@H]2COC[C@@H]12. The van der Waals surface area contributed by atoms with Gasteiger partial charge < -0.3 is 15.2 Å². The lowest BCUT2D eigenvalue weighted by molar-refractivity contribution is 0.0690. The summed E-state index contributed by atoms with van der Waals surface area (Å²) < 4.78 is 10.5. The van der Waals surface area contributed by atoms with Crippen LogP contribution in [-0.2, 0) is 9.47 Å². The van der Waals surface area contributed by atoms with E-state index in [1.165, 1.54) is 0 Å². The molecule has 10 heavy (non-hydrogen) atoms. The Kier molecular flexibility index (Phi) is 2.52. The van der Waals surface area contributed by atoms with Crippen LogP contribution in [0.1, 0.15) is 0 Å². The summed E-state index contributed by atoms with van der Waals surface area (Å²) in [6, 6.07) is 0.220. The van der Waals surface area contributed by atoms with Gasteiger partial charge >= 0.3 is 0 Å². The fraction of sp³-hybridized carbons (Fsp3) is 1.00. The topological polar surface area (TPSA) is 44.5 Å². The number of fused-ring (bicyclic) bond motifs is 1. The van der Waals surface area contributed by atoms with Crippen molar-refractivity contribution in [1.82, 2.24) is 0 Å². The molecule has 0 saturated carbocycles. The van der Waals surface area contributed by atoms with Crippen molar-refractivity contribution in [3.05, 3.63) is 0 Å². The molecule has 2 aliphatic rings. The molecule has 0 amide bonds. The number of hydrogen-bond acceptors (Lipinski definition) is 3. The van der Waals surface area contributed by atoms with Crippen molar-refractivity contribution < 1.29 is 9.47 Å². The number of hydrogen-bond donors (Lipinski definition) is 1. The van der Waals surface area contributed by atoms with Crippen molar-refractivity contribution >= 4 is 12.4 Å². The molecule has 2 rings (SSSR count). The minimum absolute atomic E-state index is 0. The van der Waals surface area contributed by atoms with E-state index in [1.807, 2.05) is 0 Å². The summed E-state index contributed by atoms with van der Waals surface area (Å²) >= 11 is 0. The second-order valence-corrected chi connectivity index (χ2v) is 2.74. The van der Waals surface area contributed by atoms with Crippen LogP contribution < -0.4 is 5.73 Å². The predicted octanol–water partition coefficient (Wildman–Crippen LogP) is -0.219. The molecule has 0 aromatic rings. The summed E-state index contributed by atoms with van der Waals surface area (Å²) in [5, 5.41) is 0. The van der Waals surface area contributed by atoms with Crippen LogP contribution in [0, 0.1) is 5.92 Å². The van der Waals surface area contributed by atoms with E-state index in [0.717, 1.165) is 19.8 Å². The fourth-order valence-corrected chi connectivity index (χ4v) is 1.48. The van der Waals surface area contributed by atoms with Gasteiger partial charge in [0.25, 0.3) is 0 Å². The molecule has 0 aromatic carbocycles. The van der Waals surface area contributed by atoms with E-state index in [-0.39, 0.29) is 18.4 Å². The van der Waals surface area contributed by atoms with Crippen LogP contribution in [0.15, 0.2) is 0 Å². The first-order valence-electron chi connectivity index (χ1n) is 3.33. The number of ether oxygens (including phenoxy) is 2. The number of nitrogens with two attached hydrogens (primary N) is 1. The Hall–Kier alpha value is 0.170. The molecule has 0 radical (unpaired) electrons. The van der Waals surface area contributed by atoms with Gasteiger partial charge in [0.2, 0.25) is 0 Å². The van der Waals surface area contributed by atoms with Gasteiger partial charge in [-0.05, 0) is 0 Å². The largest absolute Gasteiger partial charge is 0.378 e. The first-order valence-corrected chi connectivity index (χ1v) is 3.33. The molecule has 2 aliphatic heterocycles. The summed E-state index contributed by atoms with van der Waals surface area (Å²) in [5.74, 6) is 0.477. The van der Waals surface area contributed by atoms with E-state index in [4.69, 9.17) is 15.2 Å². The zero-order valence-electron chi connectivity index (χ0n) is 5.66. The van der Waals surface area contributed by atoms with E-state index < -0.39 is 0 Å². The lowest BCUT2D eigenvalue weighted by atomic mass is 10.0. The van der Waals surface area contributed by atoms with Crippen molar-refractivity contribution in [2.24, 2.45) is 11.7 Å². The summed E-state index contributed by atoms with van der Waals surface area (Å²) in [7, 11) is 0. The first-order chi connectivity index (χ1) is 4.38. The molecular formula is C6H12ClNO2. The Bertz CT molecular complexity index is 122. The van der Waals surface area contributed by atoms with Crippen LogP contribution >= 0.6 is 12.4 Å². The molecular weight excluding hydrogens is 154 g/mol. The maximum atomic E-state index is 5.71. The zero-order chi connectivity index (χ0) is 6.27. The van der Waals surface area contributed by atoms with Gasteiger partial charge in [0, 0.05) is 12.0 Å². The van der Waals surface area contributed by atoms with Gasteiger partial charge in [-0.2, -0.15) is 0 Å². The van der Waals surface area contributed by atoms with E-state index in [0.29, 0.717) is 12.0 Å². The molecule has 0 unspecified atom stereocenters. The summed E-state index contributed by atoms with van der Waals surface area (Å²) in [6.45, 7) is 2.27. The fourth-order valence-electron chi connectivity index (χ4n) is 1.48. The van der Waals surface area contributed by atoms with Gasteiger partial charge in [-0.1, -0.05) is 0 Å². The minimum Gasteiger partial charge on any atom is -0.378 e. The van der Waals surface area contributed by atoms with Crippen LogP contribution in [0.25, 0.3) is 0 Å². The molecule has 0 aromatic heterocycles. The molecule has 2 fully saturated rings. The van der Waals surface area contributed by atoms with Crippen molar-refractivity contribution in [1.29, 1.82) is 0 Å². The van der Waals surface area contributed by atoms with Crippen LogP contribution in [0.5, 0.6) is 0 Å². The van der Waals surface area contributed by atoms with E-state index >= 15 is 0 Å². The van der Waals surface area contributed by atoms with Crippen LogP contribution in [0.2, 0.25) is 0 Å². The predicted molar refractivity (Wildman–Crippen MR) is 39.3 cm³/mol. The second-order valence-electron chi connectivity index (χ2n) is 2.74. The molecule has 0 spiro atoms. The lowest BCUT2D eigenvalue weighted by Crippen LogP contribution is -2.30. The molecule has 0 aliphatic carbocycles. The van der Waals surface area contributed by atoms with Crippen molar-refractivity contribution in [2.45, 2.75) is 12.1 Å². The highest BCUT2D eigenvalue weighted by molar-refractivity contribution is 5.85.